The summed E-state index contributed by atoms with van der Waals surface area (Å²) in [5, 5.41) is 3.42. The van der Waals surface area contributed by atoms with Gasteiger partial charge in [-0.1, -0.05) is 59.8 Å². The number of anilines is 1. The number of nitrogens with one attached hydrogen (secondary N) is 1. The zero-order chi connectivity index (χ0) is 20.1. The van der Waals surface area contributed by atoms with Crippen LogP contribution in [0.1, 0.15) is 12.0 Å². The van der Waals surface area contributed by atoms with Gasteiger partial charge >= 0.3 is 0 Å². The Balaban J connectivity index is 1.61. The first-order valence-electron chi connectivity index (χ1n) is 8.42. The first kappa shape index (κ1) is 20.4. The second kappa shape index (κ2) is 9.23. The highest BCUT2D eigenvalue weighted by Crippen LogP contribution is 2.33. The molecule has 2 aromatic rings. The minimum absolute atomic E-state index is 0.124. The molecule has 2 amide bonds. The van der Waals surface area contributed by atoms with Gasteiger partial charge in [-0.15, -0.1) is 0 Å². The Bertz CT molecular complexity index is 945. The second-order valence-corrected chi connectivity index (χ2v) is 8.00. The molecule has 0 atom stereocenters. The fourth-order valence-electron chi connectivity index (χ4n) is 2.58. The van der Waals surface area contributed by atoms with E-state index in [1.807, 2.05) is 24.3 Å². The lowest BCUT2D eigenvalue weighted by atomic mass is 10.2. The average Bonchev–Trinajstić information content (AvgIpc) is 2.95. The van der Waals surface area contributed by atoms with Gasteiger partial charge in [-0.2, -0.15) is 0 Å². The number of amides is 2. The standard InChI is InChI=1S/C20H17ClN2O3S2/c1-26-16-5-3-2-4-15(16)22-18(24)10-11-23-19(25)17(28-20(23)27)12-13-6-8-14(21)9-7-13/h2-9,12H,10-11H2,1H3,(H,22,24). The normalized spacial score (nSPS) is 15.2. The van der Waals surface area contributed by atoms with Crippen LogP contribution in [0, 0.1) is 0 Å². The summed E-state index contributed by atoms with van der Waals surface area (Å²) in [6.07, 6.45) is 1.89. The van der Waals surface area contributed by atoms with Crippen LogP contribution in [-0.2, 0) is 9.59 Å². The molecule has 144 valence electrons. The molecule has 1 aliphatic rings. The van der Waals surface area contributed by atoms with Gasteiger partial charge < -0.3 is 10.1 Å². The Kier molecular flexibility index (Phi) is 6.72. The number of carbonyl (C=O) groups excluding carboxylic acids is 2. The highest BCUT2D eigenvalue weighted by atomic mass is 35.5. The van der Waals surface area contributed by atoms with E-state index < -0.39 is 0 Å². The Hall–Kier alpha value is -2.35. The number of methoxy groups -OCH3 is 1. The SMILES string of the molecule is COc1ccccc1NC(=O)CCN1C(=O)C(=Cc2ccc(Cl)cc2)SC1=S. The van der Waals surface area contributed by atoms with E-state index in [0.717, 1.165) is 5.56 Å². The summed E-state index contributed by atoms with van der Waals surface area (Å²) in [5.74, 6) is 0.155. The van der Waals surface area contributed by atoms with Gasteiger partial charge in [0, 0.05) is 18.0 Å². The van der Waals surface area contributed by atoms with Crippen LogP contribution in [0.2, 0.25) is 5.02 Å². The van der Waals surface area contributed by atoms with E-state index in [0.29, 0.717) is 25.7 Å². The molecule has 0 bridgehead atoms. The molecule has 28 heavy (non-hydrogen) atoms. The maximum Gasteiger partial charge on any atom is 0.266 e. The van der Waals surface area contributed by atoms with Gasteiger partial charge in [0.15, 0.2) is 0 Å². The molecule has 0 saturated carbocycles. The van der Waals surface area contributed by atoms with Gasteiger partial charge in [-0.05, 0) is 35.9 Å². The highest BCUT2D eigenvalue weighted by Gasteiger charge is 2.32. The molecule has 1 fully saturated rings. The van der Waals surface area contributed by atoms with Gasteiger partial charge in [-0.3, -0.25) is 14.5 Å². The molecule has 8 heteroatoms. The lowest BCUT2D eigenvalue weighted by molar-refractivity contribution is -0.122. The van der Waals surface area contributed by atoms with E-state index in [1.165, 1.54) is 23.8 Å². The van der Waals surface area contributed by atoms with Crippen LogP contribution < -0.4 is 10.1 Å². The summed E-state index contributed by atoms with van der Waals surface area (Å²) in [6, 6.07) is 14.3. The van der Waals surface area contributed by atoms with Crippen molar-refractivity contribution in [3.63, 3.8) is 0 Å². The van der Waals surface area contributed by atoms with Crippen LogP contribution in [-0.4, -0.2) is 34.7 Å². The summed E-state index contributed by atoms with van der Waals surface area (Å²) in [4.78, 5) is 26.9. The number of thioether (sulfide) groups is 1. The maximum atomic E-state index is 12.6. The molecule has 1 aliphatic heterocycles. The number of hydrogen-bond donors (Lipinski definition) is 1. The number of halogens is 1. The van der Waals surface area contributed by atoms with E-state index >= 15 is 0 Å². The maximum absolute atomic E-state index is 12.6. The van der Waals surface area contributed by atoms with Crippen molar-refractivity contribution in [3.05, 3.63) is 64.0 Å². The van der Waals surface area contributed by atoms with Crippen molar-refractivity contribution >= 4 is 63.5 Å². The third kappa shape index (κ3) is 4.92. The monoisotopic (exact) mass is 432 g/mol. The van der Waals surface area contributed by atoms with Gasteiger partial charge in [0.2, 0.25) is 5.91 Å². The number of carbonyl (C=O) groups is 2. The summed E-state index contributed by atoms with van der Waals surface area (Å²) in [7, 11) is 1.54. The van der Waals surface area contributed by atoms with Crippen LogP contribution in [0.3, 0.4) is 0 Å². The molecular formula is C20H17ClN2O3S2. The molecule has 1 N–H and O–H groups in total. The Morgan fingerprint density at radius 2 is 1.96 bits per heavy atom. The number of rotatable bonds is 6. The third-order valence-corrected chi connectivity index (χ3v) is 5.61. The molecule has 2 aromatic carbocycles. The summed E-state index contributed by atoms with van der Waals surface area (Å²) >= 11 is 12.4. The number of thiocarbonyl (C=S) groups is 1. The zero-order valence-corrected chi connectivity index (χ0v) is 17.4. The van der Waals surface area contributed by atoms with Crippen LogP contribution in [0.4, 0.5) is 5.69 Å². The fourth-order valence-corrected chi connectivity index (χ4v) is 4.01. The summed E-state index contributed by atoms with van der Waals surface area (Å²) in [5.41, 5.74) is 1.45. The number of nitrogens with zero attached hydrogens (tertiary/aromatic N) is 1. The van der Waals surface area contributed by atoms with E-state index in [-0.39, 0.29) is 24.8 Å². The molecule has 0 radical (unpaired) electrons. The van der Waals surface area contributed by atoms with Crippen LogP contribution >= 0.6 is 35.6 Å². The van der Waals surface area contributed by atoms with Crippen molar-refractivity contribution in [3.8, 4) is 5.75 Å². The Morgan fingerprint density at radius 3 is 2.68 bits per heavy atom. The van der Waals surface area contributed by atoms with Gasteiger partial charge in [0.25, 0.3) is 5.91 Å². The zero-order valence-electron chi connectivity index (χ0n) is 15.0. The summed E-state index contributed by atoms with van der Waals surface area (Å²) in [6.45, 7) is 0.212. The van der Waals surface area contributed by atoms with Crippen molar-refractivity contribution in [1.29, 1.82) is 0 Å². The molecule has 0 spiro atoms. The van der Waals surface area contributed by atoms with Crippen molar-refractivity contribution in [2.45, 2.75) is 6.42 Å². The van der Waals surface area contributed by atoms with Crippen molar-refractivity contribution in [1.82, 2.24) is 4.90 Å². The molecule has 5 nitrogen and oxygen atoms in total. The van der Waals surface area contributed by atoms with E-state index in [4.69, 9.17) is 28.6 Å². The minimum atomic E-state index is -0.222. The topological polar surface area (TPSA) is 58.6 Å². The molecule has 0 aliphatic carbocycles. The van der Waals surface area contributed by atoms with E-state index in [2.05, 4.69) is 5.32 Å². The number of benzene rings is 2. The van der Waals surface area contributed by atoms with Gasteiger partial charge in [0.05, 0.1) is 17.7 Å². The molecule has 1 heterocycles. The predicted molar refractivity (Wildman–Crippen MR) is 118 cm³/mol. The quantitative estimate of drug-likeness (QED) is 0.535. The first-order valence-corrected chi connectivity index (χ1v) is 10.0. The molecule has 0 unspecified atom stereocenters. The number of ether oxygens (including phenoxy) is 1. The lowest BCUT2D eigenvalue weighted by Gasteiger charge is -2.15. The highest BCUT2D eigenvalue weighted by molar-refractivity contribution is 8.26. The molecular weight excluding hydrogens is 416 g/mol. The summed E-state index contributed by atoms with van der Waals surface area (Å²) < 4.78 is 5.66. The van der Waals surface area contributed by atoms with E-state index in [9.17, 15) is 9.59 Å². The number of para-hydroxylation sites is 2. The Morgan fingerprint density at radius 1 is 1.25 bits per heavy atom. The van der Waals surface area contributed by atoms with Gasteiger partial charge in [0.1, 0.15) is 10.1 Å². The third-order valence-electron chi connectivity index (χ3n) is 3.98. The van der Waals surface area contributed by atoms with Crippen LogP contribution in [0.15, 0.2) is 53.4 Å². The molecule has 3 rings (SSSR count). The largest absolute Gasteiger partial charge is 0.495 e. The van der Waals surface area contributed by atoms with Crippen LogP contribution in [0.5, 0.6) is 5.75 Å². The van der Waals surface area contributed by atoms with Crippen molar-refractivity contribution in [2.24, 2.45) is 0 Å². The molecule has 0 aromatic heterocycles. The average molecular weight is 433 g/mol. The predicted octanol–water partition coefficient (Wildman–Crippen LogP) is 4.58. The molecule has 1 saturated heterocycles. The fraction of sp³-hybridized carbons (Fsp3) is 0.150. The number of hydrogen-bond acceptors (Lipinski definition) is 5. The van der Waals surface area contributed by atoms with Gasteiger partial charge in [-0.25, -0.2) is 0 Å². The van der Waals surface area contributed by atoms with Crippen LogP contribution in [0.25, 0.3) is 6.08 Å². The lowest BCUT2D eigenvalue weighted by Crippen LogP contribution is -2.31. The van der Waals surface area contributed by atoms with Crippen molar-refractivity contribution in [2.75, 3.05) is 19.0 Å². The second-order valence-electron chi connectivity index (χ2n) is 5.88. The minimum Gasteiger partial charge on any atom is -0.495 e. The first-order chi connectivity index (χ1) is 13.5. The van der Waals surface area contributed by atoms with E-state index in [1.54, 1.807) is 30.3 Å². The Labute approximate surface area is 177 Å². The van der Waals surface area contributed by atoms with Crippen molar-refractivity contribution < 1.29 is 14.3 Å². The smallest absolute Gasteiger partial charge is 0.266 e.